The van der Waals surface area contributed by atoms with E-state index >= 15 is 0 Å². The Balaban J connectivity index is 0.000000605. The molecule has 2 rings (SSSR count). The molecule has 0 spiro atoms. The Bertz CT molecular complexity index is 284. The van der Waals surface area contributed by atoms with Gasteiger partial charge in [0.15, 0.2) is 0 Å². The van der Waals surface area contributed by atoms with Crippen LogP contribution >= 0.6 is 34.0 Å². The van der Waals surface area contributed by atoms with Crippen molar-refractivity contribution < 1.29 is 0 Å². The highest BCUT2D eigenvalue weighted by Gasteiger charge is 1.86. The van der Waals surface area contributed by atoms with Crippen LogP contribution in [0.15, 0.2) is 42.7 Å². The molecule has 0 aliphatic rings. The summed E-state index contributed by atoms with van der Waals surface area (Å²) in [6.45, 7) is 0. The molecule has 0 aliphatic carbocycles. The highest BCUT2D eigenvalue weighted by molar-refractivity contribution is 8.93. The van der Waals surface area contributed by atoms with Crippen molar-refractivity contribution in [3.63, 3.8) is 0 Å². The summed E-state index contributed by atoms with van der Waals surface area (Å²) in [5.41, 5.74) is 0. The number of pyridine rings is 1. The van der Waals surface area contributed by atoms with Crippen molar-refractivity contribution in [1.29, 1.82) is 0 Å². The van der Waals surface area contributed by atoms with Gasteiger partial charge in [0.25, 0.3) is 0 Å². The van der Waals surface area contributed by atoms with Crippen LogP contribution in [0.1, 0.15) is 0 Å². The first-order valence-electron chi connectivity index (χ1n) is 3.25. The molecule has 0 atom stereocenters. The maximum absolute atomic E-state index is 4.01. The van der Waals surface area contributed by atoms with Crippen LogP contribution in [0.2, 0.25) is 0 Å². The molecule has 64 valence electrons. The van der Waals surface area contributed by atoms with Gasteiger partial charge in [0.1, 0.15) is 0 Å². The molecule has 1 aromatic heterocycles. The monoisotopic (exact) mass is 289 g/mol. The molecule has 1 aromatic carbocycles. The van der Waals surface area contributed by atoms with E-state index in [0.717, 1.165) is 0 Å². The van der Waals surface area contributed by atoms with Crippen LogP contribution in [0.5, 0.6) is 0 Å². The maximum Gasteiger partial charge on any atom is 0.0346 e. The molecule has 0 amide bonds. The lowest BCUT2D eigenvalue weighted by Crippen LogP contribution is -1.71. The van der Waals surface area contributed by atoms with Crippen LogP contribution in [0.4, 0.5) is 0 Å². The van der Waals surface area contributed by atoms with Gasteiger partial charge >= 0.3 is 0 Å². The van der Waals surface area contributed by atoms with Crippen molar-refractivity contribution in [1.82, 2.24) is 4.98 Å². The number of aromatic nitrogens is 1. The van der Waals surface area contributed by atoms with E-state index in [2.05, 4.69) is 17.1 Å². The summed E-state index contributed by atoms with van der Waals surface area (Å²) in [5.74, 6) is 0. The third kappa shape index (κ3) is 2.29. The molecule has 1 nitrogen and oxygen atoms in total. The number of rotatable bonds is 0. The molecule has 0 radical (unpaired) electrons. The zero-order valence-electron chi connectivity index (χ0n) is 6.31. The van der Waals surface area contributed by atoms with Gasteiger partial charge in [0.2, 0.25) is 0 Å². The summed E-state index contributed by atoms with van der Waals surface area (Å²) in [6, 6.07) is 10.2. The minimum Gasteiger partial charge on any atom is -0.264 e. The van der Waals surface area contributed by atoms with E-state index in [9.17, 15) is 0 Å². The topological polar surface area (TPSA) is 12.9 Å². The van der Waals surface area contributed by atoms with E-state index in [1.807, 2.05) is 30.6 Å². The molecular weight excluding hydrogens is 282 g/mol. The summed E-state index contributed by atoms with van der Waals surface area (Å²) < 4.78 is 0. The fraction of sp³-hybridized carbons (Fsp3) is 0. The third-order valence-electron chi connectivity index (χ3n) is 1.55. The summed E-state index contributed by atoms with van der Waals surface area (Å²) in [5, 5.41) is 2.45. The molecule has 12 heavy (non-hydrogen) atoms. The number of fused-ring (bicyclic) bond motifs is 1. The van der Waals surface area contributed by atoms with Crippen LogP contribution in [0.25, 0.3) is 10.8 Å². The van der Waals surface area contributed by atoms with E-state index in [1.54, 1.807) is 0 Å². The van der Waals surface area contributed by atoms with Crippen LogP contribution in [-0.4, -0.2) is 4.98 Å². The predicted octanol–water partition coefficient (Wildman–Crippen LogP) is 3.39. The van der Waals surface area contributed by atoms with Gasteiger partial charge < -0.3 is 0 Å². The number of nitrogens with zero attached hydrogens (tertiary/aromatic N) is 1. The van der Waals surface area contributed by atoms with Crippen molar-refractivity contribution in [2.24, 2.45) is 0 Å². The van der Waals surface area contributed by atoms with E-state index < -0.39 is 0 Å². The number of halogens is 2. The van der Waals surface area contributed by atoms with Crippen LogP contribution in [-0.2, 0) is 0 Å². The summed E-state index contributed by atoms with van der Waals surface area (Å²) in [6.07, 6.45) is 3.68. The maximum atomic E-state index is 4.01. The minimum absolute atomic E-state index is 0. The van der Waals surface area contributed by atoms with Crippen LogP contribution in [0.3, 0.4) is 0 Å². The Morgan fingerprint density at radius 2 is 1.50 bits per heavy atom. The first-order valence-corrected chi connectivity index (χ1v) is 3.25. The fourth-order valence-corrected chi connectivity index (χ4v) is 1.03. The lowest BCUT2D eigenvalue weighted by atomic mass is 10.2. The molecule has 2 aromatic rings. The molecule has 0 unspecified atom stereocenters. The second kappa shape index (κ2) is 5.27. The Hall–Kier alpha value is -0.410. The van der Waals surface area contributed by atoms with E-state index in [0.29, 0.717) is 0 Å². The standard InChI is InChI=1S/C9H7N.2BrH/c1-2-4-9-7-10-6-5-8(9)3-1;;/h1-7H;2*1H. The van der Waals surface area contributed by atoms with Crippen molar-refractivity contribution >= 4 is 44.7 Å². The fourth-order valence-electron chi connectivity index (χ4n) is 1.03. The van der Waals surface area contributed by atoms with Gasteiger partial charge in [-0.2, -0.15) is 0 Å². The molecule has 0 aliphatic heterocycles. The molecule has 1 heterocycles. The Morgan fingerprint density at radius 3 is 2.17 bits per heavy atom. The van der Waals surface area contributed by atoms with Gasteiger partial charge in [-0.3, -0.25) is 4.98 Å². The first-order chi connectivity index (χ1) is 4.97. The van der Waals surface area contributed by atoms with Crippen LogP contribution in [0, 0.1) is 0 Å². The Kier molecular flexibility index (Phi) is 5.09. The normalized spacial score (nSPS) is 8.33. The molecular formula is C9H9Br2N. The first kappa shape index (κ1) is 11.6. The van der Waals surface area contributed by atoms with E-state index in [4.69, 9.17) is 0 Å². The molecule has 0 N–H and O–H groups in total. The quantitative estimate of drug-likeness (QED) is 0.725. The second-order valence-corrected chi connectivity index (χ2v) is 2.22. The van der Waals surface area contributed by atoms with Crippen molar-refractivity contribution in [2.45, 2.75) is 0 Å². The number of hydrogen-bond donors (Lipinski definition) is 0. The minimum atomic E-state index is 0. The summed E-state index contributed by atoms with van der Waals surface area (Å²) in [4.78, 5) is 4.01. The predicted molar refractivity (Wildman–Crippen MR) is 62.4 cm³/mol. The van der Waals surface area contributed by atoms with Crippen molar-refractivity contribution in [3.05, 3.63) is 42.7 Å². The average Bonchev–Trinajstić information content (AvgIpc) is 2.05. The smallest absolute Gasteiger partial charge is 0.0346 e. The number of benzene rings is 1. The van der Waals surface area contributed by atoms with Crippen LogP contribution < -0.4 is 0 Å². The van der Waals surface area contributed by atoms with Gasteiger partial charge in [-0.05, 0) is 16.8 Å². The molecule has 0 saturated carbocycles. The molecule has 0 fully saturated rings. The van der Waals surface area contributed by atoms with Gasteiger partial charge in [0, 0.05) is 12.4 Å². The summed E-state index contributed by atoms with van der Waals surface area (Å²) in [7, 11) is 0. The zero-order chi connectivity index (χ0) is 6.81. The van der Waals surface area contributed by atoms with Gasteiger partial charge in [0.05, 0.1) is 0 Å². The molecule has 0 saturated heterocycles. The lowest BCUT2D eigenvalue weighted by molar-refractivity contribution is 1.36. The number of hydrogen-bond acceptors (Lipinski definition) is 1. The van der Waals surface area contributed by atoms with Crippen molar-refractivity contribution in [2.75, 3.05) is 0 Å². The van der Waals surface area contributed by atoms with Crippen molar-refractivity contribution in [3.8, 4) is 0 Å². The van der Waals surface area contributed by atoms with E-state index in [-0.39, 0.29) is 34.0 Å². The SMILES string of the molecule is Br.Br.c1ccc2cnccc2c1. The molecule has 0 bridgehead atoms. The zero-order valence-corrected chi connectivity index (χ0v) is 9.73. The summed E-state index contributed by atoms with van der Waals surface area (Å²) >= 11 is 0. The van der Waals surface area contributed by atoms with Gasteiger partial charge in [-0.25, -0.2) is 0 Å². The van der Waals surface area contributed by atoms with Gasteiger partial charge in [-0.15, -0.1) is 34.0 Å². The highest BCUT2D eigenvalue weighted by atomic mass is 79.9. The Labute approximate surface area is 92.4 Å². The highest BCUT2D eigenvalue weighted by Crippen LogP contribution is 2.09. The average molecular weight is 291 g/mol. The molecule has 3 heteroatoms. The second-order valence-electron chi connectivity index (χ2n) is 2.22. The Morgan fingerprint density at radius 1 is 0.833 bits per heavy atom. The van der Waals surface area contributed by atoms with E-state index in [1.165, 1.54) is 10.8 Å². The third-order valence-corrected chi connectivity index (χ3v) is 1.55. The van der Waals surface area contributed by atoms with Gasteiger partial charge in [-0.1, -0.05) is 24.3 Å². The largest absolute Gasteiger partial charge is 0.264 e. The lowest BCUT2D eigenvalue weighted by Gasteiger charge is -1.91.